The molecule has 0 unspecified atom stereocenters. The first kappa shape index (κ1) is 13.9. The van der Waals surface area contributed by atoms with Crippen LogP contribution in [0.3, 0.4) is 0 Å². The summed E-state index contributed by atoms with van der Waals surface area (Å²) in [6, 6.07) is 0. The molecule has 0 bridgehead atoms. The second-order valence-electron chi connectivity index (χ2n) is 3.95. The van der Waals surface area contributed by atoms with Gasteiger partial charge in [-0.1, -0.05) is 25.4 Å². The topological polar surface area (TPSA) is 64.1 Å². The van der Waals surface area contributed by atoms with E-state index < -0.39 is 0 Å². The minimum Gasteiger partial charge on any atom is -0.379 e. The molecule has 1 rings (SSSR count). The highest BCUT2D eigenvalue weighted by molar-refractivity contribution is 6.29. The number of rotatable bonds is 6. The molecule has 1 amide bonds. The molecule has 0 saturated heterocycles. The quantitative estimate of drug-likeness (QED) is 0.785. The maximum Gasteiger partial charge on any atom is 0.271 e. The van der Waals surface area contributed by atoms with E-state index in [-0.39, 0.29) is 16.8 Å². The molecule has 94 valence electrons. The van der Waals surface area contributed by atoms with E-state index in [1.807, 2.05) is 0 Å². The van der Waals surface area contributed by atoms with Crippen LogP contribution in [-0.4, -0.2) is 35.6 Å². The van der Waals surface area contributed by atoms with Crippen molar-refractivity contribution in [3.63, 3.8) is 0 Å². The number of ether oxygens (including phenoxy) is 1. The van der Waals surface area contributed by atoms with E-state index in [0.717, 1.165) is 0 Å². The molecule has 0 saturated carbocycles. The van der Waals surface area contributed by atoms with E-state index in [2.05, 4.69) is 29.1 Å². The molecule has 0 fully saturated rings. The van der Waals surface area contributed by atoms with Gasteiger partial charge in [0.05, 0.1) is 19.0 Å². The van der Waals surface area contributed by atoms with Crippen molar-refractivity contribution in [1.82, 2.24) is 15.3 Å². The SMILES string of the molecule is CC(C)COCCNC(=O)c1cncc(Cl)n1. The number of carbonyl (C=O) groups excluding carboxylic acids is 1. The molecule has 5 nitrogen and oxygen atoms in total. The van der Waals surface area contributed by atoms with E-state index in [1.165, 1.54) is 12.4 Å². The molecule has 17 heavy (non-hydrogen) atoms. The average Bonchev–Trinajstić information content (AvgIpc) is 2.28. The van der Waals surface area contributed by atoms with Crippen molar-refractivity contribution in [2.75, 3.05) is 19.8 Å². The Morgan fingerprint density at radius 2 is 2.29 bits per heavy atom. The molecule has 0 aromatic carbocycles. The second-order valence-corrected chi connectivity index (χ2v) is 4.34. The van der Waals surface area contributed by atoms with Crippen molar-refractivity contribution in [2.45, 2.75) is 13.8 Å². The van der Waals surface area contributed by atoms with E-state index in [9.17, 15) is 4.79 Å². The van der Waals surface area contributed by atoms with Gasteiger partial charge in [0.15, 0.2) is 0 Å². The van der Waals surface area contributed by atoms with Crippen molar-refractivity contribution in [2.24, 2.45) is 5.92 Å². The van der Waals surface area contributed by atoms with Gasteiger partial charge in [0, 0.05) is 13.2 Å². The fraction of sp³-hybridized carbons (Fsp3) is 0.545. The van der Waals surface area contributed by atoms with Gasteiger partial charge in [0.25, 0.3) is 5.91 Å². The van der Waals surface area contributed by atoms with Crippen LogP contribution in [0.15, 0.2) is 12.4 Å². The highest BCUT2D eigenvalue weighted by Crippen LogP contribution is 2.01. The van der Waals surface area contributed by atoms with Gasteiger partial charge >= 0.3 is 0 Å². The predicted molar refractivity (Wildman–Crippen MR) is 65.0 cm³/mol. The van der Waals surface area contributed by atoms with E-state index in [0.29, 0.717) is 25.7 Å². The first-order chi connectivity index (χ1) is 8.09. The fourth-order valence-electron chi connectivity index (χ4n) is 1.10. The molecule has 0 aliphatic heterocycles. The minimum absolute atomic E-state index is 0.203. The Kier molecular flexibility index (Phi) is 5.86. The Morgan fingerprint density at radius 3 is 2.94 bits per heavy atom. The molecule has 1 aromatic heterocycles. The van der Waals surface area contributed by atoms with E-state index in [4.69, 9.17) is 16.3 Å². The lowest BCUT2D eigenvalue weighted by Gasteiger charge is -2.07. The highest BCUT2D eigenvalue weighted by atomic mass is 35.5. The summed E-state index contributed by atoms with van der Waals surface area (Å²) in [5.74, 6) is 0.192. The van der Waals surface area contributed by atoms with Crippen LogP contribution in [0.1, 0.15) is 24.3 Å². The molecule has 0 aliphatic carbocycles. The third-order valence-corrected chi connectivity index (χ3v) is 2.00. The Balaban J connectivity index is 2.26. The molecule has 0 spiro atoms. The molecule has 1 heterocycles. The van der Waals surface area contributed by atoms with Gasteiger partial charge in [0.1, 0.15) is 10.8 Å². The smallest absolute Gasteiger partial charge is 0.271 e. The second kappa shape index (κ2) is 7.19. The number of hydrogen-bond donors (Lipinski definition) is 1. The third kappa shape index (κ3) is 5.60. The number of hydrogen-bond acceptors (Lipinski definition) is 4. The number of aromatic nitrogens is 2. The zero-order valence-electron chi connectivity index (χ0n) is 9.94. The van der Waals surface area contributed by atoms with Crippen LogP contribution in [0.2, 0.25) is 5.15 Å². The molecular weight excluding hydrogens is 242 g/mol. The predicted octanol–water partition coefficient (Wildman–Crippen LogP) is 1.53. The normalized spacial score (nSPS) is 10.6. The van der Waals surface area contributed by atoms with Crippen LogP contribution in [0.5, 0.6) is 0 Å². The zero-order valence-corrected chi connectivity index (χ0v) is 10.7. The zero-order chi connectivity index (χ0) is 12.7. The molecular formula is C11H16ClN3O2. The van der Waals surface area contributed by atoms with Gasteiger partial charge < -0.3 is 10.1 Å². The van der Waals surface area contributed by atoms with Gasteiger partial charge in [-0.25, -0.2) is 4.98 Å². The molecule has 0 radical (unpaired) electrons. The van der Waals surface area contributed by atoms with Crippen LogP contribution >= 0.6 is 11.6 Å². The number of nitrogens with zero attached hydrogens (tertiary/aromatic N) is 2. The fourth-order valence-corrected chi connectivity index (χ4v) is 1.25. The summed E-state index contributed by atoms with van der Waals surface area (Å²) in [6.07, 6.45) is 2.75. The highest BCUT2D eigenvalue weighted by Gasteiger charge is 2.07. The van der Waals surface area contributed by atoms with Gasteiger partial charge in [-0.3, -0.25) is 9.78 Å². The van der Waals surface area contributed by atoms with Gasteiger partial charge in [-0.2, -0.15) is 0 Å². The van der Waals surface area contributed by atoms with Crippen LogP contribution in [0.25, 0.3) is 0 Å². The maximum absolute atomic E-state index is 11.6. The standard InChI is InChI=1S/C11H16ClN3O2/c1-8(2)7-17-4-3-14-11(16)9-5-13-6-10(12)15-9/h5-6,8H,3-4,7H2,1-2H3,(H,14,16). The van der Waals surface area contributed by atoms with Crippen LogP contribution in [0, 0.1) is 5.92 Å². The summed E-state index contributed by atoms with van der Waals surface area (Å²) in [7, 11) is 0. The third-order valence-electron chi connectivity index (χ3n) is 1.82. The molecule has 1 N–H and O–H groups in total. The molecule has 1 aromatic rings. The Labute approximate surface area is 106 Å². The van der Waals surface area contributed by atoms with Crippen LogP contribution in [0.4, 0.5) is 0 Å². The van der Waals surface area contributed by atoms with Crippen molar-refractivity contribution in [1.29, 1.82) is 0 Å². The lowest BCUT2D eigenvalue weighted by molar-refractivity contribution is 0.0881. The van der Waals surface area contributed by atoms with E-state index >= 15 is 0 Å². The van der Waals surface area contributed by atoms with Gasteiger partial charge in [-0.05, 0) is 5.92 Å². The maximum atomic E-state index is 11.6. The summed E-state index contributed by atoms with van der Waals surface area (Å²) >= 11 is 5.63. The molecule has 0 atom stereocenters. The number of amides is 1. The van der Waals surface area contributed by atoms with Gasteiger partial charge in [0.2, 0.25) is 0 Å². The first-order valence-corrected chi connectivity index (χ1v) is 5.81. The summed E-state index contributed by atoms with van der Waals surface area (Å²) in [5, 5.41) is 2.88. The van der Waals surface area contributed by atoms with Crippen molar-refractivity contribution in [3.8, 4) is 0 Å². The summed E-state index contributed by atoms with van der Waals surface area (Å²) in [4.78, 5) is 19.2. The van der Waals surface area contributed by atoms with Gasteiger partial charge in [-0.15, -0.1) is 0 Å². The number of nitrogens with one attached hydrogen (secondary N) is 1. The monoisotopic (exact) mass is 257 g/mol. The van der Waals surface area contributed by atoms with E-state index in [1.54, 1.807) is 0 Å². The van der Waals surface area contributed by atoms with Crippen molar-refractivity contribution >= 4 is 17.5 Å². The summed E-state index contributed by atoms with van der Waals surface area (Å²) in [6.45, 7) is 5.75. The average molecular weight is 258 g/mol. The Hall–Kier alpha value is -1.20. The summed E-state index contributed by atoms with van der Waals surface area (Å²) < 4.78 is 5.33. The molecule has 6 heteroatoms. The minimum atomic E-state index is -0.298. The van der Waals surface area contributed by atoms with Crippen LogP contribution in [-0.2, 0) is 4.74 Å². The summed E-state index contributed by atoms with van der Waals surface area (Å²) in [5.41, 5.74) is 0.210. The van der Waals surface area contributed by atoms with Crippen molar-refractivity contribution < 1.29 is 9.53 Å². The van der Waals surface area contributed by atoms with Crippen LogP contribution < -0.4 is 5.32 Å². The Morgan fingerprint density at radius 1 is 1.53 bits per heavy atom. The number of carbonyl (C=O) groups is 1. The molecule has 0 aliphatic rings. The first-order valence-electron chi connectivity index (χ1n) is 5.43. The lowest BCUT2D eigenvalue weighted by Crippen LogP contribution is -2.28. The Bertz CT molecular complexity index is 371. The number of halogens is 1. The largest absolute Gasteiger partial charge is 0.379 e. The van der Waals surface area contributed by atoms with Crippen molar-refractivity contribution in [3.05, 3.63) is 23.2 Å². The lowest BCUT2D eigenvalue weighted by atomic mass is 10.2.